The van der Waals surface area contributed by atoms with Crippen LogP contribution in [0.3, 0.4) is 0 Å². The van der Waals surface area contributed by atoms with Crippen LogP contribution in [-0.4, -0.2) is 42.6 Å². The van der Waals surface area contributed by atoms with Crippen LogP contribution in [0.2, 0.25) is 0 Å². The monoisotopic (exact) mass is 146 g/mol. The molecular formula is C5H10N2O3. The number of hydrogen-bond acceptors (Lipinski definition) is 2. The Balaban J connectivity index is 3.50. The maximum atomic E-state index is 10.6. The summed E-state index contributed by atoms with van der Waals surface area (Å²) in [5.41, 5.74) is 0. The average Bonchev–Trinajstić information content (AvgIpc) is 1.82. The number of hydrogen-bond donors (Lipinski definition) is 2. The number of urea groups is 1. The molecule has 0 aromatic rings. The van der Waals surface area contributed by atoms with Gasteiger partial charge in [0.05, 0.1) is 0 Å². The topological polar surface area (TPSA) is 69.6 Å². The van der Waals surface area contributed by atoms with Crippen molar-refractivity contribution in [2.24, 2.45) is 0 Å². The molecule has 58 valence electrons. The minimum Gasteiger partial charge on any atom is -0.480 e. The highest BCUT2D eigenvalue weighted by atomic mass is 16.4. The largest absolute Gasteiger partial charge is 0.480 e. The molecule has 5 nitrogen and oxygen atoms in total. The molecule has 0 unspecified atom stereocenters. The first-order chi connectivity index (χ1) is 4.54. The van der Waals surface area contributed by atoms with Gasteiger partial charge in [-0.15, -0.1) is 0 Å². The summed E-state index contributed by atoms with van der Waals surface area (Å²) in [7, 11) is 3.08. The van der Waals surface area contributed by atoms with Crippen molar-refractivity contribution < 1.29 is 14.7 Å². The molecule has 0 heterocycles. The Morgan fingerprint density at radius 1 is 1.50 bits per heavy atom. The zero-order valence-corrected chi connectivity index (χ0v) is 5.92. The Hall–Kier alpha value is -1.26. The van der Waals surface area contributed by atoms with Crippen LogP contribution in [0, 0.1) is 0 Å². The predicted octanol–water partition coefficient (Wildman–Crippen LogP) is -0.658. The van der Waals surface area contributed by atoms with Gasteiger partial charge < -0.3 is 15.3 Å². The van der Waals surface area contributed by atoms with Crippen LogP contribution in [0.15, 0.2) is 0 Å². The van der Waals surface area contributed by atoms with Gasteiger partial charge in [-0.25, -0.2) is 4.79 Å². The fourth-order valence-corrected chi connectivity index (χ4v) is 0.309. The van der Waals surface area contributed by atoms with E-state index in [0.29, 0.717) is 0 Å². The number of carboxylic acid groups (broad SMARTS) is 1. The van der Waals surface area contributed by atoms with Crippen LogP contribution in [0.1, 0.15) is 0 Å². The van der Waals surface area contributed by atoms with E-state index in [1.165, 1.54) is 19.0 Å². The molecular weight excluding hydrogens is 136 g/mol. The second-order valence-electron chi connectivity index (χ2n) is 1.95. The molecule has 0 aliphatic carbocycles. The summed E-state index contributed by atoms with van der Waals surface area (Å²) < 4.78 is 0. The van der Waals surface area contributed by atoms with Crippen molar-refractivity contribution in [3.63, 3.8) is 0 Å². The van der Waals surface area contributed by atoms with Gasteiger partial charge in [-0.2, -0.15) is 0 Å². The lowest BCUT2D eigenvalue weighted by atomic mass is 10.6. The van der Waals surface area contributed by atoms with Gasteiger partial charge in [-0.05, 0) is 0 Å². The van der Waals surface area contributed by atoms with Crippen LogP contribution < -0.4 is 5.32 Å². The van der Waals surface area contributed by atoms with Crippen molar-refractivity contribution in [2.75, 3.05) is 20.6 Å². The van der Waals surface area contributed by atoms with Gasteiger partial charge in [0.25, 0.3) is 0 Å². The molecule has 0 saturated carbocycles. The lowest BCUT2D eigenvalue weighted by Crippen LogP contribution is -2.37. The van der Waals surface area contributed by atoms with E-state index in [1.807, 2.05) is 0 Å². The minimum atomic E-state index is -1.05. The number of nitrogens with zero attached hydrogens (tertiary/aromatic N) is 1. The average molecular weight is 146 g/mol. The second-order valence-corrected chi connectivity index (χ2v) is 1.95. The molecule has 0 radical (unpaired) electrons. The van der Waals surface area contributed by atoms with Crippen LogP contribution in [0.4, 0.5) is 4.79 Å². The Morgan fingerprint density at radius 3 is 2.30 bits per heavy atom. The highest BCUT2D eigenvalue weighted by Gasteiger charge is 2.03. The van der Waals surface area contributed by atoms with Crippen LogP contribution in [0.5, 0.6) is 0 Å². The maximum absolute atomic E-state index is 10.6. The molecule has 0 atom stereocenters. The van der Waals surface area contributed by atoms with Gasteiger partial charge in [-0.3, -0.25) is 4.79 Å². The third-order valence-corrected chi connectivity index (χ3v) is 0.797. The molecule has 0 aliphatic heterocycles. The van der Waals surface area contributed by atoms with Crippen molar-refractivity contribution in [1.82, 2.24) is 10.2 Å². The van der Waals surface area contributed by atoms with E-state index in [0.717, 1.165) is 0 Å². The summed E-state index contributed by atoms with van der Waals surface area (Å²) >= 11 is 0. The molecule has 10 heavy (non-hydrogen) atoms. The Morgan fingerprint density at radius 2 is 2.00 bits per heavy atom. The van der Waals surface area contributed by atoms with Gasteiger partial charge in [-0.1, -0.05) is 0 Å². The Bertz CT molecular complexity index is 144. The quantitative estimate of drug-likeness (QED) is 0.543. The summed E-state index contributed by atoms with van der Waals surface area (Å²) in [6, 6.07) is -0.401. The van der Waals surface area contributed by atoms with E-state index >= 15 is 0 Å². The summed E-state index contributed by atoms with van der Waals surface area (Å²) in [5.74, 6) is -1.05. The zero-order valence-electron chi connectivity index (χ0n) is 5.92. The number of rotatable bonds is 2. The zero-order chi connectivity index (χ0) is 8.15. The Labute approximate surface area is 58.6 Å². The summed E-state index contributed by atoms with van der Waals surface area (Å²) in [4.78, 5) is 21.8. The summed E-state index contributed by atoms with van der Waals surface area (Å²) in [6.07, 6.45) is 0. The van der Waals surface area contributed by atoms with Gasteiger partial charge in [0.1, 0.15) is 6.54 Å². The summed E-state index contributed by atoms with van der Waals surface area (Å²) in [6.45, 7) is -0.336. The van der Waals surface area contributed by atoms with Crippen molar-refractivity contribution in [3.8, 4) is 0 Å². The van der Waals surface area contributed by atoms with E-state index in [4.69, 9.17) is 5.11 Å². The molecule has 2 N–H and O–H groups in total. The molecule has 0 spiro atoms. The SMILES string of the molecule is CN(C)C(=O)NCC(=O)O. The highest BCUT2D eigenvalue weighted by Crippen LogP contribution is 1.74. The van der Waals surface area contributed by atoms with E-state index in [9.17, 15) is 9.59 Å². The molecule has 0 aromatic heterocycles. The second kappa shape index (κ2) is 3.71. The van der Waals surface area contributed by atoms with Gasteiger partial charge in [0.2, 0.25) is 0 Å². The lowest BCUT2D eigenvalue weighted by Gasteiger charge is -2.09. The van der Waals surface area contributed by atoms with Crippen molar-refractivity contribution >= 4 is 12.0 Å². The van der Waals surface area contributed by atoms with Gasteiger partial charge in [0.15, 0.2) is 0 Å². The fourth-order valence-electron chi connectivity index (χ4n) is 0.309. The van der Waals surface area contributed by atoms with Crippen LogP contribution in [-0.2, 0) is 4.79 Å². The third kappa shape index (κ3) is 3.71. The van der Waals surface area contributed by atoms with E-state index < -0.39 is 12.0 Å². The first kappa shape index (κ1) is 8.74. The summed E-state index contributed by atoms with van der Waals surface area (Å²) in [5, 5.41) is 10.3. The molecule has 0 saturated heterocycles. The molecule has 2 amide bonds. The van der Waals surface area contributed by atoms with Crippen molar-refractivity contribution in [2.45, 2.75) is 0 Å². The van der Waals surface area contributed by atoms with Crippen molar-refractivity contribution in [3.05, 3.63) is 0 Å². The molecule has 5 heteroatoms. The number of carbonyl (C=O) groups is 2. The van der Waals surface area contributed by atoms with E-state index in [2.05, 4.69) is 5.32 Å². The number of carbonyl (C=O) groups excluding carboxylic acids is 1. The van der Waals surface area contributed by atoms with Crippen LogP contribution >= 0.6 is 0 Å². The molecule has 0 aliphatic rings. The number of amides is 2. The number of aliphatic carboxylic acids is 1. The van der Waals surface area contributed by atoms with E-state index in [-0.39, 0.29) is 6.54 Å². The molecule has 0 bridgehead atoms. The van der Waals surface area contributed by atoms with Gasteiger partial charge >= 0.3 is 12.0 Å². The van der Waals surface area contributed by atoms with Crippen LogP contribution in [0.25, 0.3) is 0 Å². The standard InChI is InChI=1S/C5H10N2O3/c1-7(2)5(10)6-3-4(8)9/h3H2,1-2H3,(H,6,10)(H,8,9). The molecule has 0 fully saturated rings. The van der Waals surface area contributed by atoms with Crippen molar-refractivity contribution in [1.29, 1.82) is 0 Å². The fraction of sp³-hybridized carbons (Fsp3) is 0.600. The molecule has 0 aromatic carbocycles. The predicted molar refractivity (Wildman–Crippen MR) is 34.7 cm³/mol. The first-order valence-corrected chi connectivity index (χ1v) is 2.71. The number of nitrogens with one attached hydrogen (secondary N) is 1. The normalized spacial score (nSPS) is 8.60. The number of carboxylic acids is 1. The lowest BCUT2D eigenvalue weighted by molar-refractivity contribution is -0.135. The van der Waals surface area contributed by atoms with Gasteiger partial charge in [0, 0.05) is 14.1 Å². The smallest absolute Gasteiger partial charge is 0.323 e. The van der Waals surface area contributed by atoms with E-state index in [1.54, 1.807) is 0 Å². The third-order valence-electron chi connectivity index (χ3n) is 0.797. The maximum Gasteiger partial charge on any atom is 0.323 e. The first-order valence-electron chi connectivity index (χ1n) is 2.71. The minimum absolute atomic E-state index is 0.336. The molecule has 0 rings (SSSR count). The Kier molecular flexibility index (Phi) is 3.24. The highest BCUT2D eigenvalue weighted by molar-refractivity contribution is 5.79.